The van der Waals surface area contributed by atoms with E-state index in [2.05, 4.69) is 17.1 Å². The largest absolute Gasteiger partial charge is 0.341 e. The molecule has 2 atom stereocenters. The standard InChI is InChI=1S/C19H23N3O2/c1-13-11-22(19(23)15-9-5-6-10-15)12-16(13)18-20-17(21-24-18)14-7-3-2-4-8-14/h2-4,7-8,13,15-16H,5-6,9-12H2,1H3. The van der Waals surface area contributed by atoms with Crippen LogP contribution >= 0.6 is 0 Å². The fourth-order valence-corrected chi connectivity index (χ4v) is 3.99. The van der Waals surface area contributed by atoms with Gasteiger partial charge in [0.1, 0.15) is 0 Å². The summed E-state index contributed by atoms with van der Waals surface area (Å²) in [6.07, 6.45) is 4.47. The monoisotopic (exact) mass is 325 g/mol. The number of likely N-dealkylation sites (tertiary alicyclic amines) is 1. The fourth-order valence-electron chi connectivity index (χ4n) is 3.99. The van der Waals surface area contributed by atoms with Crippen LogP contribution in [0.15, 0.2) is 34.9 Å². The van der Waals surface area contributed by atoms with Gasteiger partial charge in [-0.25, -0.2) is 0 Å². The second kappa shape index (κ2) is 6.38. The van der Waals surface area contributed by atoms with E-state index >= 15 is 0 Å². The average Bonchev–Trinajstić information content (AvgIpc) is 3.35. The number of nitrogens with zero attached hydrogens (tertiary/aromatic N) is 3. The molecule has 2 aliphatic rings. The summed E-state index contributed by atoms with van der Waals surface area (Å²) in [7, 11) is 0. The number of aromatic nitrogens is 2. The molecule has 2 heterocycles. The van der Waals surface area contributed by atoms with Gasteiger partial charge >= 0.3 is 0 Å². The Labute approximate surface area is 142 Å². The summed E-state index contributed by atoms with van der Waals surface area (Å²) in [6.45, 7) is 3.66. The summed E-state index contributed by atoms with van der Waals surface area (Å²) in [5.74, 6) is 2.32. The second-order valence-corrected chi connectivity index (χ2v) is 7.13. The van der Waals surface area contributed by atoms with E-state index < -0.39 is 0 Å². The van der Waals surface area contributed by atoms with Gasteiger partial charge in [-0.2, -0.15) is 4.98 Å². The first-order valence-electron chi connectivity index (χ1n) is 8.90. The highest BCUT2D eigenvalue weighted by Crippen LogP contribution is 2.35. The third kappa shape index (κ3) is 2.83. The Morgan fingerprint density at radius 3 is 2.67 bits per heavy atom. The smallest absolute Gasteiger partial charge is 0.232 e. The number of hydrogen-bond donors (Lipinski definition) is 0. The van der Waals surface area contributed by atoms with Gasteiger partial charge < -0.3 is 9.42 Å². The molecule has 2 unspecified atom stereocenters. The topological polar surface area (TPSA) is 59.2 Å². The molecular weight excluding hydrogens is 302 g/mol. The molecule has 0 bridgehead atoms. The van der Waals surface area contributed by atoms with Crippen LogP contribution in [-0.4, -0.2) is 34.0 Å². The third-order valence-electron chi connectivity index (χ3n) is 5.42. The highest BCUT2D eigenvalue weighted by atomic mass is 16.5. The summed E-state index contributed by atoms with van der Waals surface area (Å²) in [4.78, 5) is 19.3. The lowest BCUT2D eigenvalue weighted by Gasteiger charge is -2.20. The summed E-state index contributed by atoms with van der Waals surface area (Å²) in [6, 6.07) is 9.85. The lowest BCUT2D eigenvalue weighted by molar-refractivity contribution is -0.134. The second-order valence-electron chi connectivity index (χ2n) is 7.13. The Morgan fingerprint density at radius 1 is 1.17 bits per heavy atom. The van der Waals surface area contributed by atoms with Gasteiger partial charge in [0.25, 0.3) is 0 Å². The maximum absolute atomic E-state index is 12.7. The van der Waals surface area contributed by atoms with Gasteiger partial charge in [0.15, 0.2) is 0 Å². The minimum atomic E-state index is 0.139. The van der Waals surface area contributed by atoms with Crippen LogP contribution in [0, 0.1) is 11.8 Å². The van der Waals surface area contributed by atoms with Gasteiger partial charge in [-0.15, -0.1) is 0 Å². The zero-order valence-electron chi connectivity index (χ0n) is 14.0. The van der Waals surface area contributed by atoms with E-state index in [9.17, 15) is 4.79 Å². The Bertz CT molecular complexity index is 706. The number of amides is 1. The van der Waals surface area contributed by atoms with Gasteiger partial charge in [-0.1, -0.05) is 55.3 Å². The molecule has 1 aliphatic carbocycles. The average molecular weight is 325 g/mol. The molecule has 0 radical (unpaired) electrons. The van der Waals surface area contributed by atoms with E-state index in [-0.39, 0.29) is 11.8 Å². The van der Waals surface area contributed by atoms with Gasteiger partial charge in [0, 0.05) is 24.6 Å². The summed E-state index contributed by atoms with van der Waals surface area (Å²) < 4.78 is 5.53. The van der Waals surface area contributed by atoms with Crippen molar-refractivity contribution in [1.82, 2.24) is 15.0 Å². The van der Waals surface area contributed by atoms with Crippen LogP contribution in [0.3, 0.4) is 0 Å². The molecule has 1 saturated heterocycles. The molecule has 126 valence electrons. The van der Waals surface area contributed by atoms with Crippen molar-refractivity contribution in [3.8, 4) is 11.4 Å². The van der Waals surface area contributed by atoms with Crippen molar-refractivity contribution >= 4 is 5.91 Å². The van der Waals surface area contributed by atoms with Crippen LogP contribution in [0.4, 0.5) is 0 Å². The molecule has 1 aromatic heterocycles. The van der Waals surface area contributed by atoms with Gasteiger partial charge in [-0.3, -0.25) is 4.79 Å². The van der Waals surface area contributed by atoms with Crippen LogP contribution in [0.2, 0.25) is 0 Å². The molecule has 2 fully saturated rings. The minimum Gasteiger partial charge on any atom is -0.341 e. The first kappa shape index (κ1) is 15.4. The maximum atomic E-state index is 12.7. The predicted molar refractivity (Wildman–Crippen MR) is 90.2 cm³/mol. The first-order valence-corrected chi connectivity index (χ1v) is 8.90. The van der Waals surface area contributed by atoms with Crippen LogP contribution in [0.25, 0.3) is 11.4 Å². The lowest BCUT2D eigenvalue weighted by Crippen LogP contribution is -2.33. The summed E-state index contributed by atoms with van der Waals surface area (Å²) in [5, 5.41) is 4.12. The molecular formula is C19H23N3O2. The van der Waals surface area contributed by atoms with E-state index in [0.29, 0.717) is 30.1 Å². The number of rotatable bonds is 3. The van der Waals surface area contributed by atoms with E-state index in [0.717, 1.165) is 24.9 Å². The van der Waals surface area contributed by atoms with E-state index in [1.165, 1.54) is 12.8 Å². The fraction of sp³-hybridized carbons (Fsp3) is 0.526. The zero-order chi connectivity index (χ0) is 16.5. The Morgan fingerprint density at radius 2 is 1.92 bits per heavy atom. The Hall–Kier alpha value is -2.17. The molecule has 5 nitrogen and oxygen atoms in total. The molecule has 5 heteroatoms. The number of hydrogen-bond acceptors (Lipinski definition) is 4. The van der Waals surface area contributed by atoms with Crippen molar-refractivity contribution < 1.29 is 9.32 Å². The van der Waals surface area contributed by atoms with Crippen LogP contribution in [0.1, 0.15) is 44.4 Å². The minimum absolute atomic E-state index is 0.139. The summed E-state index contributed by atoms with van der Waals surface area (Å²) >= 11 is 0. The van der Waals surface area contributed by atoms with Crippen molar-refractivity contribution in [2.45, 2.75) is 38.5 Å². The summed E-state index contributed by atoms with van der Waals surface area (Å²) in [5.41, 5.74) is 0.956. The van der Waals surface area contributed by atoms with Crippen molar-refractivity contribution in [1.29, 1.82) is 0 Å². The molecule has 1 amide bonds. The molecule has 1 aromatic carbocycles. The first-order chi connectivity index (χ1) is 11.7. The van der Waals surface area contributed by atoms with E-state index in [1.807, 2.05) is 35.2 Å². The molecule has 0 spiro atoms. The van der Waals surface area contributed by atoms with Crippen molar-refractivity contribution in [2.24, 2.45) is 11.8 Å². The van der Waals surface area contributed by atoms with Gasteiger partial charge in [0.05, 0.1) is 5.92 Å². The van der Waals surface area contributed by atoms with Crippen LogP contribution in [-0.2, 0) is 4.79 Å². The zero-order valence-corrected chi connectivity index (χ0v) is 14.0. The molecule has 4 rings (SSSR count). The highest BCUT2D eigenvalue weighted by Gasteiger charge is 2.39. The Kier molecular flexibility index (Phi) is 4.08. The molecule has 2 aromatic rings. The van der Waals surface area contributed by atoms with Crippen molar-refractivity contribution in [3.05, 3.63) is 36.2 Å². The predicted octanol–water partition coefficient (Wildman–Crippen LogP) is 3.49. The highest BCUT2D eigenvalue weighted by molar-refractivity contribution is 5.79. The van der Waals surface area contributed by atoms with Crippen molar-refractivity contribution in [3.63, 3.8) is 0 Å². The molecule has 0 N–H and O–H groups in total. The van der Waals surface area contributed by atoms with Crippen LogP contribution < -0.4 is 0 Å². The molecule has 24 heavy (non-hydrogen) atoms. The number of carbonyl (C=O) groups is 1. The normalized spacial score (nSPS) is 24.6. The SMILES string of the molecule is CC1CN(C(=O)C2CCCC2)CC1c1nc(-c2ccccc2)no1. The molecule has 1 saturated carbocycles. The van der Waals surface area contributed by atoms with Crippen molar-refractivity contribution in [2.75, 3.05) is 13.1 Å². The van der Waals surface area contributed by atoms with Crippen LogP contribution in [0.5, 0.6) is 0 Å². The number of benzene rings is 1. The Balaban J connectivity index is 1.49. The third-order valence-corrected chi connectivity index (χ3v) is 5.42. The van der Waals surface area contributed by atoms with Gasteiger partial charge in [0.2, 0.25) is 17.6 Å². The number of carbonyl (C=O) groups excluding carboxylic acids is 1. The van der Waals surface area contributed by atoms with Gasteiger partial charge in [-0.05, 0) is 18.8 Å². The van der Waals surface area contributed by atoms with E-state index in [1.54, 1.807) is 0 Å². The maximum Gasteiger partial charge on any atom is 0.232 e. The van der Waals surface area contributed by atoms with E-state index in [4.69, 9.17) is 4.52 Å². The quantitative estimate of drug-likeness (QED) is 0.867. The lowest BCUT2D eigenvalue weighted by atomic mass is 9.98. The molecule has 1 aliphatic heterocycles.